The van der Waals surface area contributed by atoms with Crippen LogP contribution in [0.5, 0.6) is 5.75 Å². The van der Waals surface area contributed by atoms with Gasteiger partial charge in [0.1, 0.15) is 12.4 Å². The van der Waals surface area contributed by atoms with E-state index in [2.05, 4.69) is 0 Å². The van der Waals surface area contributed by atoms with E-state index in [0.717, 1.165) is 16.9 Å². The molecule has 2 aromatic rings. The fraction of sp³-hybridized carbons (Fsp3) is 0.133. The maximum Gasteiger partial charge on any atom is 0.119 e. The molecule has 0 aliphatic carbocycles. The van der Waals surface area contributed by atoms with Crippen molar-refractivity contribution < 1.29 is 4.74 Å². The Kier molecular flexibility index (Phi) is 4.46. The van der Waals surface area contributed by atoms with E-state index in [0.29, 0.717) is 22.4 Å². The molecule has 4 heteroatoms. The first-order valence-electron chi connectivity index (χ1n) is 5.78. The molecule has 0 aliphatic rings. The van der Waals surface area contributed by atoms with Gasteiger partial charge in [0.15, 0.2) is 0 Å². The Bertz CT molecular complexity index is 594. The van der Waals surface area contributed by atoms with Crippen LogP contribution in [0.15, 0.2) is 42.5 Å². The number of rotatable bonds is 4. The molecule has 1 N–H and O–H groups in total. The third kappa shape index (κ3) is 3.72. The van der Waals surface area contributed by atoms with Gasteiger partial charge in [0.2, 0.25) is 0 Å². The first-order valence-corrected chi connectivity index (χ1v) is 6.54. The van der Waals surface area contributed by atoms with Gasteiger partial charge in [-0.2, -0.15) is 0 Å². The molecule has 19 heavy (non-hydrogen) atoms. The Hall–Kier alpha value is -1.51. The highest BCUT2D eigenvalue weighted by molar-refractivity contribution is 6.35. The Balaban J connectivity index is 2.04. The summed E-state index contributed by atoms with van der Waals surface area (Å²) in [7, 11) is 0. The van der Waals surface area contributed by atoms with Crippen LogP contribution >= 0.6 is 23.2 Å². The fourth-order valence-corrected chi connectivity index (χ4v) is 2.06. The molecule has 0 fully saturated rings. The summed E-state index contributed by atoms with van der Waals surface area (Å²) in [6, 6.07) is 12.7. The SMILES string of the molecule is CC(=N)c1ccc(OCc2ccc(Cl)cc2Cl)cc1. The van der Waals surface area contributed by atoms with Crippen molar-refractivity contribution in [3.05, 3.63) is 63.6 Å². The number of hydrogen-bond donors (Lipinski definition) is 1. The standard InChI is InChI=1S/C15H13Cl2NO/c1-10(18)11-3-6-14(7-4-11)19-9-12-2-5-13(16)8-15(12)17/h2-8,18H,9H2,1H3. The highest BCUT2D eigenvalue weighted by atomic mass is 35.5. The number of nitrogens with one attached hydrogen (secondary N) is 1. The van der Waals surface area contributed by atoms with E-state index >= 15 is 0 Å². The molecule has 0 aromatic heterocycles. The molecule has 0 atom stereocenters. The molecular formula is C15H13Cl2NO. The molecule has 0 aliphatic heterocycles. The third-order valence-corrected chi connectivity index (χ3v) is 3.28. The average Bonchev–Trinajstić information content (AvgIpc) is 2.38. The van der Waals surface area contributed by atoms with Crippen LogP contribution in [0.25, 0.3) is 0 Å². The monoisotopic (exact) mass is 293 g/mol. The molecule has 0 unspecified atom stereocenters. The van der Waals surface area contributed by atoms with Gasteiger partial charge in [0, 0.05) is 21.3 Å². The van der Waals surface area contributed by atoms with E-state index in [1.807, 2.05) is 30.3 Å². The summed E-state index contributed by atoms with van der Waals surface area (Å²) < 4.78 is 5.65. The van der Waals surface area contributed by atoms with Crippen molar-refractivity contribution in [2.75, 3.05) is 0 Å². The Labute approximate surface area is 122 Å². The van der Waals surface area contributed by atoms with Gasteiger partial charge < -0.3 is 10.1 Å². The van der Waals surface area contributed by atoms with E-state index in [1.54, 1.807) is 19.1 Å². The third-order valence-electron chi connectivity index (χ3n) is 2.70. The lowest BCUT2D eigenvalue weighted by Crippen LogP contribution is -1.97. The minimum atomic E-state index is 0.388. The molecule has 0 bridgehead atoms. The topological polar surface area (TPSA) is 33.1 Å². The zero-order chi connectivity index (χ0) is 13.8. The predicted molar refractivity (Wildman–Crippen MR) is 79.7 cm³/mol. The normalized spacial score (nSPS) is 10.3. The van der Waals surface area contributed by atoms with Crippen molar-refractivity contribution in [1.82, 2.24) is 0 Å². The Morgan fingerprint density at radius 1 is 1.11 bits per heavy atom. The number of benzene rings is 2. The molecule has 0 heterocycles. The summed E-state index contributed by atoms with van der Waals surface area (Å²) in [5.74, 6) is 0.746. The van der Waals surface area contributed by atoms with Crippen LogP contribution in [0.2, 0.25) is 10.0 Å². The molecule has 0 spiro atoms. The summed E-state index contributed by atoms with van der Waals surface area (Å²) in [6.07, 6.45) is 0. The summed E-state index contributed by atoms with van der Waals surface area (Å²) >= 11 is 11.9. The molecule has 0 saturated carbocycles. The molecule has 2 aromatic carbocycles. The molecule has 0 amide bonds. The molecule has 2 nitrogen and oxygen atoms in total. The van der Waals surface area contributed by atoms with Gasteiger partial charge in [0.05, 0.1) is 0 Å². The van der Waals surface area contributed by atoms with Gasteiger partial charge in [0.25, 0.3) is 0 Å². The Morgan fingerprint density at radius 2 is 1.79 bits per heavy atom. The maximum absolute atomic E-state index is 7.52. The average molecular weight is 294 g/mol. The van der Waals surface area contributed by atoms with Crippen molar-refractivity contribution in [2.24, 2.45) is 0 Å². The quantitative estimate of drug-likeness (QED) is 0.794. The van der Waals surface area contributed by atoms with Crippen LogP contribution in [0.3, 0.4) is 0 Å². The van der Waals surface area contributed by atoms with Gasteiger partial charge >= 0.3 is 0 Å². The van der Waals surface area contributed by atoms with Crippen molar-refractivity contribution in [2.45, 2.75) is 13.5 Å². The summed E-state index contributed by atoms with van der Waals surface area (Å²) in [5.41, 5.74) is 2.31. The smallest absolute Gasteiger partial charge is 0.119 e. The molecule has 0 radical (unpaired) electrons. The lowest BCUT2D eigenvalue weighted by atomic mass is 10.1. The second kappa shape index (κ2) is 6.09. The van der Waals surface area contributed by atoms with Gasteiger partial charge in [-0.15, -0.1) is 0 Å². The van der Waals surface area contributed by atoms with E-state index < -0.39 is 0 Å². The van der Waals surface area contributed by atoms with Crippen LogP contribution in [0.1, 0.15) is 18.1 Å². The van der Waals surface area contributed by atoms with Crippen LogP contribution in [-0.4, -0.2) is 5.71 Å². The second-order valence-corrected chi connectivity index (χ2v) is 5.02. The van der Waals surface area contributed by atoms with Crippen molar-refractivity contribution in [3.8, 4) is 5.75 Å². The fourth-order valence-electron chi connectivity index (χ4n) is 1.60. The van der Waals surface area contributed by atoms with Crippen molar-refractivity contribution >= 4 is 28.9 Å². The Morgan fingerprint density at radius 3 is 2.37 bits per heavy atom. The van der Waals surface area contributed by atoms with Crippen LogP contribution in [0, 0.1) is 5.41 Å². The second-order valence-electron chi connectivity index (χ2n) is 4.17. The molecular weight excluding hydrogens is 281 g/mol. The minimum absolute atomic E-state index is 0.388. The summed E-state index contributed by atoms with van der Waals surface area (Å²) in [6.45, 7) is 2.14. The highest BCUT2D eigenvalue weighted by Crippen LogP contribution is 2.22. The van der Waals surface area contributed by atoms with E-state index in [-0.39, 0.29) is 0 Å². The van der Waals surface area contributed by atoms with Crippen LogP contribution in [-0.2, 0) is 6.61 Å². The van der Waals surface area contributed by atoms with Gasteiger partial charge in [-0.1, -0.05) is 29.3 Å². The first kappa shape index (κ1) is 13.9. The molecule has 2 rings (SSSR count). The summed E-state index contributed by atoms with van der Waals surface area (Å²) in [4.78, 5) is 0. The van der Waals surface area contributed by atoms with Gasteiger partial charge in [-0.05, 0) is 48.9 Å². The zero-order valence-electron chi connectivity index (χ0n) is 10.4. The van der Waals surface area contributed by atoms with E-state index in [9.17, 15) is 0 Å². The van der Waals surface area contributed by atoms with Gasteiger partial charge in [-0.3, -0.25) is 0 Å². The lowest BCUT2D eigenvalue weighted by Gasteiger charge is -2.08. The number of halogens is 2. The van der Waals surface area contributed by atoms with Crippen LogP contribution in [0.4, 0.5) is 0 Å². The maximum atomic E-state index is 7.52. The highest BCUT2D eigenvalue weighted by Gasteiger charge is 2.03. The zero-order valence-corrected chi connectivity index (χ0v) is 11.9. The van der Waals surface area contributed by atoms with Crippen molar-refractivity contribution in [1.29, 1.82) is 5.41 Å². The van der Waals surface area contributed by atoms with Gasteiger partial charge in [-0.25, -0.2) is 0 Å². The largest absolute Gasteiger partial charge is 0.489 e. The molecule has 0 saturated heterocycles. The van der Waals surface area contributed by atoms with E-state index in [1.165, 1.54) is 0 Å². The minimum Gasteiger partial charge on any atom is -0.489 e. The number of hydrogen-bond acceptors (Lipinski definition) is 2. The van der Waals surface area contributed by atoms with E-state index in [4.69, 9.17) is 33.3 Å². The predicted octanol–water partition coefficient (Wildman–Crippen LogP) is 4.96. The molecule has 98 valence electrons. The van der Waals surface area contributed by atoms with Crippen molar-refractivity contribution in [3.63, 3.8) is 0 Å². The summed E-state index contributed by atoms with van der Waals surface area (Å²) in [5, 5.41) is 8.73. The lowest BCUT2D eigenvalue weighted by molar-refractivity contribution is 0.306. The number of ether oxygens (including phenoxy) is 1. The first-order chi connectivity index (χ1) is 9.06. The van der Waals surface area contributed by atoms with Crippen LogP contribution < -0.4 is 4.74 Å².